The maximum atomic E-state index is 7.95. The Labute approximate surface area is 41.8 Å². The van der Waals surface area contributed by atoms with E-state index in [0.29, 0.717) is 0 Å². The molecule has 0 amide bonds. The van der Waals surface area contributed by atoms with E-state index in [4.69, 9.17) is 11.0 Å². The van der Waals surface area contributed by atoms with Crippen molar-refractivity contribution >= 4 is 6.34 Å². The van der Waals surface area contributed by atoms with E-state index in [1.165, 1.54) is 0 Å². The van der Waals surface area contributed by atoms with Crippen LogP contribution in [0.1, 0.15) is 0 Å². The second-order valence-corrected chi connectivity index (χ2v) is 0.837. The van der Waals surface area contributed by atoms with E-state index in [1.54, 1.807) is 6.07 Å². The van der Waals surface area contributed by atoms with Crippen LogP contribution >= 0.6 is 0 Å². The average molecular weight is 95.1 g/mol. The summed E-state index contributed by atoms with van der Waals surface area (Å²) in [5, 5.41) is 7.95. The lowest BCUT2D eigenvalue weighted by Crippen LogP contribution is -1.87. The van der Waals surface area contributed by atoms with E-state index in [9.17, 15) is 0 Å². The Morgan fingerprint density at radius 2 is 2.57 bits per heavy atom. The Balaban J connectivity index is 3.66. The highest BCUT2D eigenvalue weighted by atomic mass is 14.8. The molecule has 0 spiro atoms. The van der Waals surface area contributed by atoms with Crippen LogP contribution in [0.2, 0.25) is 0 Å². The predicted molar refractivity (Wildman–Crippen MR) is 27.4 cm³/mol. The maximum absolute atomic E-state index is 7.95. The largest absolute Gasteiger partial charge is 0.390 e. The topological polar surface area (TPSA) is 62.2 Å². The van der Waals surface area contributed by atoms with Gasteiger partial charge in [-0.15, -0.1) is 0 Å². The fourth-order valence-corrected chi connectivity index (χ4v) is 0.119. The van der Waals surface area contributed by atoms with Crippen molar-refractivity contribution in [3.63, 3.8) is 0 Å². The van der Waals surface area contributed by atoms with E-state index in [-0.39, 0.29) is 5.70 Å². The molecule has 0 atom stereocenters. The molecule has 36 valence electrons. The summed E-state index contributed by atoms with van der Waals surface area (Å²) in [6, 6.07) is 1.69. The van der Waals surface area contributed by atoms with E-state index >= 15 is 0 Å². The molecule has 0 aromatic carbocycles. The van der Waals surface area contributed by atoms with Crippen molar-refractivity contribution in [1.82, 2.24) is 0 Å². The van der Waals surface area contributed by atoms with Gasteiger partial charge in [-0.05, 0) is 0 Å². The third kappa shape index (κ3) is 2.50. The Hall–Kier alpha value is -1.30. The number of hydrogen-bond donors (Lipinski definition) is 1. The van der Waals surface area contributed by atoms with Crippen molar-refractivity contribution in [3.05, 3.63) is 12.3 Å². The van der Waals surface area contributed by atoms with Gasteiger partial charge in [-0.2, -0.15) is 5.26 Å². The summed E-state index contributed by atoms with van der Waals surface area (Å²) in [6.45, 7) is 3.22. The summed E-state index contributed by atoms with van der Waals surface area (Å²) in [4.78, 5) is 3.34. The Morgan fingerprint density at radius 1 is 2.00 bits per heavy atom. The lowest BCUT2D eigenvalue weighted by Gasteiger charge is -1.73. The summed E-state index contributed by atoms with van der Waals surface area (Å²) >= 11 is 0. The summed E-state index contributed by atoms with van der Waals surface area (Å²) in [6.07, 6.45) is 1.03. The van der Waals surface area contributed by atoms with Crippen LogP contribution in [0, 0.1) is 11.3 Å². The molecule has 3 heteroatoms. The van der Waals surface area contributed by atoms with E-state index in [2.05, 4.69) is 11.6 Å². The van der Waals surface area contributed by atoms with Gasteiger partial charge < -0.3 is 5.73 Å². The number of nitrogens with two attached hydrogens (primary N) is 1. The van der Waals surface area contributed by atoms with Crippen LogP contribution in [0.5, 0.6) is 0 Å². The SMILES string of the molecule is C=C(C#N)N=CN. The zero-order valence-corrected chi connectivity index (χ0v) is 3.76. The molecule has 0 aliphatic carbocycles. The van der Waals surface area contributed by atoms with Crippen LogP contribution in [0.3, 0.4) is 0 Å². The molecule has 0 saturated heterocycles. The molecule has 0 unspecified atom stereocenters. The summed E-state index contributed by atoms with van der Waals surface area (Å²) in [5.74, 6) is 0. The van der Waals surface area contributed by atoms with Gasteiger partial charge in [-0.3, -0.25) is 0 Å². The van der Waals surface area contributed by atoms with E-state index in [1.807, 2.05) is 0 Å². The second-order valence-electron chi connectivity index (χ2n) is 0.837. The molecule has 0 aromatic rings. The van der Waals surface area contributed by atoms with Crippen LogP contribution in [0.15, 0.2) is 17.3 Å². The summed E-state index contributed by atoms with van der Waals surface area (Å²) in [7, 11) is 0. The minimum Gasteiger partial charge on any atom is -0.390 e. The van der Waals surface area contributed by atoms with Gasteiger partial charge in [0.15, 0.2) is 0 Å². The molecule has 0 heterocycles. The quantitative estimate of drug-likeness (QED) is 0.283. The number of nitrogens with zero attached hydrogens (tertiary/aromatic N) is 2. The number of aliphatic imine (C=N–C) groups is 1. The highest BCUT2D eigenvalue weighted by Gasteiger charge is 1.75. The lowest BCUT2D eigenvalue weighted by atomic mass is 10.6. The third-order valence-electron chi connectivity index (χ3n) is 0.359. The molecule has 7 heavy (non-hydrogen) atoms. The molecule has 0 aromatic heterocycles. The van der Waals surface area contributed by atoms with Crippen LogP contribution in [0.4, 0.5) is 0 Å². The number of nitriles is 1. The van der Waals surface area contributed by atoms with Gasteiger partial charge in [0.25, 0.3) is 0 Å². The molecule has 0 radical (unpaired) electrons. The first kappa shape index (κ1) is 5.70. The fraction of sp³-hybridized carbons (Fsp3) is 0. The van der Waals surface area contributed by atoms with Crippen molar-refractivity contribution < 1.29 is 0 Å². The molecular weight excluding hydrogens is 90.1 g/mol. The lowest BCUT2D eigenvalue weighted by molar-refractivity contribution is 1.40. The van der Waals surface area contributed by atoms with Gasteiger partial charge >= 0.3 is 0 Å². The van der Waals surface area contributed by atoms with Crippen molar-refractivity contribution in [1.29, 1.82) is 5.26 Å². The van der Waals surface area contributed by atoms with Crippen LogP contribution in [0.25, 0.3) is 0 Å². The van der Waals surface area contributed by atoms with Gasteiger partial charge in [0.2, 0.25) is 0 Å². The summed E-state index contributed by atoms with van der Waals surface area (Å²) < 4.78 is 0. The van der Waals surface area contributed by atoms with Crippen LogP contribution < -0.4 is 5.73 Å². The molecule has 0 bridgehead atoms. The third-order valence-corrected chi connectivity index (χ3v) is 0.359. The van der Waals surface area contributed by atoms with Crippen molar-refractivity contribution in [3.8, 4) is 6.07 Å². The Kier molecular flexibility index (Phi) is 2.37. The van der Waals surface area contributed by atoms with E-state index in [0.717, 1.165) is 6.34 Å². The normalized spacial score (nSPS) is 8.43. The molecule has 2 N–H and O–H groups in total. The molecule has 0 rings (SSSR count). The zero-order chi connectivity index (χ0) is 5.70. The van der Waals surface area contributed by atoms with Gasteiger partial charge in [0.05, 0.1) is 6.34 Å². The predicted octanol–water partition coefficient (Wildman–Crippen LogP) is 0.0107. The average Bonchev–Trinajstić information content (AvgIpc) is 1.68. The molecule has 0 aliphatic rings. The fourth-order valence-electron chi connectivity index (χ4n) is 0.119. The molecule has 0 saturated carbocycles. The van der Waals surface area contributed by atoms with Gasteiger partial charge in [0.1, 0.15) is 11.8 Å². The minimum atomic E-state index is 0.127. The first-order valence-electron chi connectivity index (χ1n) is 1.64. The second kappa shape index (κ2) is 2.91. The summed E-state index contributed by atoms with van der Waals surface area (Å²) in [5.41, 5.74) is 4.93. The number of rotatable bonds is 1. The maximum Gasteiger partial charge on any atom is 0.135 e. The Bertz CT molecular complexity index is 128. The monoisotopic (exact) mass is 95.0 g/mol. The first-order chi connectivity index (χ1) is 3.31. The number of hydrogen-bond acceptors (Lipinski definition) is 2. The molecule has 3 nitrogen and oxygen atoms in total. The molecule has 0 aliphatic heterocycles. The van der Waals surface area contributed by atoms with Gasteiger partial charge in [-0.1, -0.05) is 6.58 Å². The smallest absolute Gasteiger partial charge is 0.135 e. The highest BCUT2D eigenvalue weighted by Crippen LogP contribution is 1.82. The van der Waals surface area contributed by atoms with Gasteiger partial charge in [0, 0.05) is 0 Å². The van der Waals surface area contributed by atoms with Crippen molar-refractivity contribution in [2.45, 2.75) is 0 Å². The minimum absolute atomic E-state index is 0.127. The molecular formula is C4H5N3. The van der Waals surface area contributed by atoms with E-state index < -0.39 is 0 Å². The first-order valence-corrected chi connectivity index (χ1v) is 1.64. The van der Waals surface area contributed by atoms with Crippen molar-refractivity contribution in [2.24, 2.45) is 10.7 Å². The highest BCUT2D eigenvalue weighted by molar-refractivity contribution is 5.54. The van der Waals surface area contributed by atoms with Gasteiger partial charge in [-0.25, -0.2) is 4.99 Å². The standard InChI is InChI=1S/C4H5N3/c1-4(2-5)7-3-6/h3H,1H2,(H2,6,7). The molecule has 0 fully saturated rings. The number of allylic oxidation sites excluding steroid dienone is 1. The van der Waals surface area contributed by atoms with Crippen LogP contribution in [-0.2, 0) is 0 Å². The van der Waals surface area contributed by atoms with Crippen LogP contribution in [-0.4, -0.2) is 6.34 Å². The zero-order valence-electron chi connectivity index (χ0n) is 3.76. The Morgan fingerprint density at radius 3 is 2.71 bits per heavy atom. The van der Waals surface area contributed by atoms with Crippen molar-refractivity contribution in [2.75, 3.05) is 0 Å².